The SMILES string of the molecule is Cc1nc(COc2ccccc2/C=C/C(=O)Nc2ccn(-c3ccccc3)n2)cs1. The van der Waals surface area contributed by atoms with Gasteiger partial charge in [-0.2, -0.15) is 5.10 Å². The molecule has 1 N–H and O–H groups in total. The molecule has 0 atom stereocenters. The number of aromatic nitrogens is 3. The van der Waals surface area contributed by atoms with Gasteiger partial charge in [0, 0.05) is 29.3 Å². The average molecular weight is 417 g/mol. The van der Waals surface area contributed by atoms with Crippen molar-refractivity contribution >= 4 is 29.1 Å². The molecule has 0 aliphatic carbocycles. The van der Waals surface area contributed by atoms with Crippen LogP contribution in [0.2, 0.25) is 0 Å². The molecule has 0 bridgehead atoms. The number of nitrogens with zero attached hydrogens (tertiary/aromatic N) is 3. The van der Waals surface area contributed by atoms with Crippen molar-refractivity contribution in [2.45, 2.75) is 13.5 Å². The summed E-state index contributed by atoms with van der Waals surface area (Å²) in [6, 6.07) is 19.0. The van der Waals surface area contributed by atoms with Crippen molar-refractivity contribution in [3.05, 3.63) is 94.6 Å². The molecule has 2 aromatic carbocycles. The number of ether oxygens (including phenoxy) is 1. The molecular formula is C23H20N4O2S. The Morgan fingerprint density at radius 1 is 1.13 bits per heavy atom. The maximum Gasteiger partial charge on any atom is 0.249 e. The van der Waals surface area contributed by atoms with Gasteiger partial charge in [-0.15, -0.1) is 11.3 Å². The van der Waals surface area contributed by atoms with Crippen LogP contribution in [0.15, 0.2) is 78.3 Å². The zero-order chi connectivity index (χ0) is 20.8. The standard InChI is InChI=1S/C23H20N4O2S/c1-17-24-19(16-30-17)15-29-21-10-6-5-7-18(21)11-12-23(28)25-22-13-14-27(26-22)20-8-3-2-4-9-20/h2-14,16H,15H2,1H3,(H,25,26,28)/b12-11+. The quantitative estimate of drug-likeness (QED) is 0.437. The van der Waals surface area contributed by atoms with Gasteiger partial charge in [0.05, 0.1) is 16.4 Å². The summed E-state index contributed by atoms with van der Waals surface area (Å²) in [5, 5.41) is 10.1. The summed E-state index contributed by atoms with van der Waals surface area (Å²) in [5.41, 5.74) is 2.63. The van der Waals surface area contributed by atoms with Gasteiger partial charge in [0.25, 0.3) is 0 Å². The largest absolute Gasteiger partial charge is 0.487 e. The van der Waals surface area contributed by atoms with Crippen molar-refractivity contribution in [2.75, 3.05) is 5.32 Å². The van der Waals surface area contributed by atoms with Crippen LogP contribution in [-0.2, 0) is 11.4 Å². The first-order valence-electron chi connectivity index (χ1n) is 9.40. The number of nitrogens with one attached hydrogen (secondary N) is 1. The Morgan fingerprint density at radius 2 is 1.93 bits per heavy atom. The highest BCUT2D eigenvalue weighted by atomic mass is 32.1. The van der Waals surface area contributed by atoms with Gasteiger partial charge in [-0.3, -0.25) is 4.79 Å². The van der Waals surface area contributed by atoms with Crippen molar-refractivity contribution in [1.82, 2.24) is 14.8 Å². The summed E-state index contributed by atoms with van der Waals surface area (Å²) in [6.07, 6.45) is 5.00. The van der Waals surface area contributed by atoms with Crippen LogP contribution >= 0.6 is 11.3 Å². The van der Waals surface area contributed by atoms with Gasteiger partial charge in [-0.05, 0) is 31.2 Å². The minimum atomic E-state index is -0.266. The highest BCUT2D eigenvalue weighted by Gasteiger charge is 2.06. The second kappa shape index (κ2) is 9.19. The third-order valence-electron chi connectivity index (χ3n) is 4.24. The molecule has 0 radical (unpaired) electrons. The summed E-state index contributed by atoms with van der Waals surface area (Å²) in [7, 11) is 0. The van der Waals surface area contributed by atoms with Crippen molar-refractivity contribution in [2.24, 2.45) is 0 Å². The van der Waals surface area contributed by atoms with E-state index in [4.69, 9.17) is 4.74 Å². The first-order chi connectivity index (χ1) is 14.7. The van der Waals surface area contributed by atoms with Crippen LogP contribution in [0.5, 0.6) is 5.75 Å². The van der Waals surface area contributed by atoms with Crippen molar-refractivity contribution in [1.29, 1.82) is 0 Å². The number of carbonyl (C=O) groups is 1. The molecule has 150 valence electrons. The summed E-state index contributed by atoms with van der Waals surface area (Å²) in [4.78, 5) is 16.7. The van der Waals surface area contributed by atoms with Crippen molar-refractivity contribution in [3.63, 3.8) is 0 Å². The van der Waals surface area contributed by atoms with Crippen LogP contribution in [0.1, 0.15) is 16.3 Å². The molecule has 4 aromatic rings. The minimum absolute atomic E-state index is 0.266. The number of rotatable bonds is 7. The number of para-hydroxylation sites is 2. The van der Waals surface area contributed by atoms with E-state index < -0.39 is 0 Å². The molecule has 4 rings (SSSR count). The molecule has 2 aromatic heterocycles. The number of hydrogen-bond donors (Lipinski definition) is 1. The molecule has 0 spiro atoms. The maximum atomic E-state index is 12.3. The number of carbonyl (C=O) groups excluding carboxylic acids is 1. The van der Waals surface area contributed by atoms with Crippen LogP contribution in [0, 0.1) is 6.92 Å². The molecule has 0 fully saturated rings. The zero-order valence-corrected chi connectivity index (χ0v) is 17.2. The number of aryl methyl sites for hydroxylation is 1. The van der Waals surface area contributed by atoms with Crippen molar-refractivity contribution in [3.8, 4) is 11.4 Å². The first kappa shape index (κ1) is 19.6. The van der Waals surface area contributed by atoms with E-state index in [1.165, 1.54) is 6.08 Å². The Balaban J connectivity index is 1.39. The molecule has 0 saturated heterocycles. The van der Waals surface area contributed by atoms with E-state index in [1.807, 2.05) is 66.9 Å². The molecule has 2 heterocycles. The molecular weight excluding hydrogens is 396 g/mol. The van der Waals surface area contributed by atoms with Gasteiger partial charge in [-0.1, -0.05) is 36.4 Å². The van der Waals surface area contributed by atoms with E-state index in [1.54, 1.807) is 34.4 Å². The fourth-order valence-corrected chi connectivity index (χ4v) is 3.42. The first-order valence-corrected chi connectivity index (χ1v) is 10.3. The number of anilines is 1. The number of hydrogen-bond acceptors (Lipinski definition) is 5. The summed E-state index contributed by atoms with van der Waals surface area (Å²) in [5.74, 6) is 0.913. The number of amides is 1. The predicted octanol–water partition coefficient (Wildman–Crippen LogP) is 4.87. The number of thiazole rings is 1. The molecule has 1 amide bonds. The van der Waals surface area contributed by atoms with E-state index in [9.17, 15) is 4.79 Å². The Bertz CT molecular complexity index is 1160. The summed E-state index contributed by atoms with van der Waals surface area (Å²) >= 11 is 1.59. The summed E-state index contributed by atoms with van der Waals surface area (Å²) in [6.45, 7) is 2.35. The van der Waals surface area contributed by atoms with Crippen molar-refractivity contribution < 1.29 is 9.53 Å². The molecule has 6 nitrogen and oxygen atoms in total. The van der Waals surface area contributed by atoms with Crippen LogP contribution < -0.4 is 10.1 Å². The molecule has 0 unspecified atom stereocenters. The molecule has 0 aliphatic heterocycles. The molecule has 30 heavy (non-hydrogen) atoms. The topological polar surface area (TPSA) is 69.0 Å². The Morgan fingerprint density at radius 3 is 2.73 bits per heavy atom. The van der Waals surface area contributed by atoms with Gasteiger partial charge >= 0.3 is 0 Å². The third kappa shape index (κ3) is 5.01. The third-order valence-corrected chi connectivity index (χ3v) is 5.06. The van der Waals surface area contributed by atoms with Crippen LogP contribution in [-0.4, -0.2) is 20.7 Å². The molecule has 0 aliphatic rings. The van der Waals surface area contributed by atoms with E-state index >= 15 is 0 Å². The Labute approximate surface area is 178 Å². The van der Waals surface area contributed by atoms with Gasteiger partial charge in [0.15, 0.2) is 5.82 Å². The fourth-order valence-electron chi connectivity index (χ4n) is 2.82. The van der Waals surface area contributed by atoms with Gasteiger partial charge in [0.1, 0.15) is 12.4 Å². The lowest BCUT2D eigenvalue weighted by molar-refractivity contribution is -0.111. The van der Waals surface area contributed by atoms with Crippen LogP contribution in [0.3, 0.4) is 0 Å². The lowest BCUT2D eigenvalue weighted by Crippen LogP contribution is -2.09. The fraction of sp³-hybridized carbons (Fsp3) is 0.0870. The molecule has 0 saturated carbocycles. The number of benzene rings is 2. The monoisotopic (exact) mass is 416 g/mol. The maximum absolute atomic E-state index is 12.3. The van der Waals surface area contributed by atoms with Crippen LogP contribution in [0.4, 0.5) is 5.82 Å². The van der Waals surface area contributed by atoms with E-state index in [0.717, 1.165) is 22.0 Å². The van der Waals surface area contributed by atoms with Gasteiger partial charge < -0.3 is 10.1 Å². The normalized spacial score (nSPS) is 11.0. The highest BCUT2D eigenvalue weighted by Crippen LogP contribution is 2.21. The predicted molar refractivity (Wildman–Crippen MR) is 119 cm³/mol. The minimum Gasteiger partial charge on any atom is -0.487 e. The Kier molecular flexibility index (Phi) is 6.01. The van der Waals surface area contributed by atoms with Crippen LogP contribution in [0.25, 0.3) is 11.8 Å². The average Bonchev–Trinajstić information content (AvgIpc) is 3.41. The molecule has 7 heteroatoms. The lowest BCUT2D eigenvalue weighted by atomic mass is 10.2. The van der Waals surface area contributed by atoms with Gasteiger partial charge in [-0.25, -0.2) is 9.67 Å². The van der Waals surface area contributed by atoms with Gasteiger partial charge in [0.2, 0.25) is 5.91 Å². The highest BCUT2D eigenvalue weighted by molar-refractivity contribution is 7.09. The van der Waals surface area contributed by atoms with E-state index in [0.29, 0.717) is 18.2 Å². The van der Waals surface area contributed by atoms with E-state index in [2.05, 4.69) is 15.4 Å². The second-order valence-corrected chi connectivity index (χ2v) is 7.55. The summed E-state index contributed by atoms with van der Waals surface area (Å²) < 4.78 is 7.60. The Hall–Kier alpha value is -3.71. The smallest absolute Gasteiger partial charge is 0.249 e. The lowest BCUT2D eigenvalue weighted by Gasteiger charge is -2.07. The zero-order valence-electron chi connectivity index (χ0n) is 16.4. The second-order valence-electron chi connectivity index (χ2n) is 6.49. The van der Waals surface area contributed by atoms with E-state index in [-0.39, 0.29) is 5.91 Å².